The van der Waals surface area contributed by atoms with Gasteiger partial charge in [-0.2, -0.15) is 15.0 Å². The van der Waals surface area contributed by atoms with Gasteiger partial charge in [0.15, 0.2) is 5.82 Å². The second-order valence-electron chi connectivity index (χ2n) is 4.98. The van der Waals surface area contributed by atoms with Crippen LogP contribution in [-0.2, 0) is 0 Å². The number of halogens is 1. The minimum Gasteiger partial charge on any atom is -0.496 e. The van der Waals surface area contributed by atoms with Gasteiger partial charge < -0.3 is 9.64 Å². The molecule has 6 heteroatoms. The van der Waals surface area contributed by atoms with Gasteiger partial charge in [-0.1, -0.05) is 12.1 Å². The molecule has 1 aromatic heterocycles. The summed E-state index contributed by atoms with van der Waals surface area (Å²) < 4.78 is 5.37. The lowest BCUT2D eigenvalue weighted by Gasteiger charge is -2.26. The standard InChI is InChI=1S/C15H17ClN4O/c1-21-12-8-4-3-7-11(12)13-17-14(16)19-15(18-13)20-9-5-2-6-10-20/h3-4,7-8H,2,5-6,9-10H2,1H3. The second kappa shape index (κ2) is 6.26. The maximum atomic E-state index is 6.08. The van der Waals surface area contributed by atoms with Crippen LogP contribution in [0, 0.1) is 0 Å². The number of ether oxygens (including phenoxy) is 1. The first-order valence-electron chi connectivity index (χ1n) is 7.08. The van der Waals surface area contributed by atoms with Crippen LogP contribution in [0.4, 0.5) is 5.95 Å². The average molecular weight is 305 g/mol. The molecule has 0 atom stereocenters. The van der Waals surface area contributed by atoms with Gasteiger partial charge in [0.2, 0.25) is 11.2 Å². The zero-order chi connectivity index (χ0) is 14.7. The fourth-order valence-corrected chi connectivity index (χ4v) is 2.68. The number of benzene rings is 1. The Labute approximate surface area is 129 Å². The van der Waals surface area contributed by atoms with Crippen LogP contribution in [-0.4, -0.2) is 35.2 Å². The Balaban J connectivity index is 2.01. The third kappa shape index (κ3) is 3.08. The maximum absolute atomic E-state index is 6.08. The highest BCUT2D eigenvalue weighted by molar-refractivity contribution is 6.28. The van der Waals surface area contributed by atoms with Crippen LogP contribution in [0.25, 0.3) is 11.4 Å². The minimum absolute atomic E-state index is 0.214. The van der Waals surface area contributed by atoms with Crippen LogP contribution >= 0.6 is 11.6 Å². The molecular weight excluding hydrogens is 288 g/mol. The Morgan fingerprint density at radius 3 is 2.57 bits per heavy atom. The number of piperidine rings is 1. The number of hydrogen-bond acceptors (Lipinski definition) is 5. The zero-order valence-electron chi connectivity index (χ0n) is 11.9. The number of hydrogen-bond donors (Lipinski definition) is 0. The van der Waals surface area contributed by atoms with Gasteiger partial charge in [0.1, 0.15) is 5.75 Å². The van der Waals surface area contributed by atoms with Gasteiger partial charge in [-0.3, -0.25) is 0 Å². The van der Waals surface area contributed by atoms with Crippen LogP contribution in [0.5, 0.6) is 5.75 Å². The number of rotatable bonds is 3. The first-order valence-corrected chi connectivity index (χ1v) is 7.45. The molecule has 0 spiro atoms. The summed E-state index contributed by atoms with van der Waals surface area (Å²) in [5, 5.41) is 0.214. The molecule has 1 aliphatic heterocycles. The van der Waals surface area contributed by atoms with Crippen molar-refractivity contribution >= 4 is 17.5 Å². The Morgan fingerprint density at radius 1 is 1.05 bits per heavy atom. The van der Waals surface area contributed by atoms with E-state index in [2.05, 4.69) is 19.9 Å². The van der Waals surface area contributed by atoms with Crippen molar-refractivity contribution in [2.75, 3.05) is 25.1 Å². The molecule has 21 heavy (non-hydrogen) atoms. The number of nitrogens with zero attached hydrogens (tertiary/aromatic N) is 4. The van der Waals surface area contributed by atoms with E-state index in [1.807, 2.05) is 24.3 Å². The first kappa shape index (κ1) is 14.1. The van der Waals surface area contributed by atoms with Crippen LogP contribution in [0.1, 0.15) is 19.3 Å². The molecule has 0 unspecified atom stereocenters. The predicted octanol–water partition coefficient (Wildman–Crippen LogP) is 3.19. The van der Waals surface area contributed by atoms with E-state index in [1.165, 1.54) is 6.42 Å². The molecule has 1 aromatic carbocycles. The van der Waals surface area contributed by atoms with E-state index in [0.717, 1.165) is 37.2 Å². The molecule has 0 amide bonds. The summed E-state index contributed by atoms with van der Waals surface area (Å²) in [7, 11) is 1.63. The highest BCUT2D eigenvalue weighted by atomic mass is 35.5. The van der Waals surface area contributed by atoms with Gasteiger partial charge in [0.25, 0.3) is 0 Å². The van der Waals surface area contributed by atoms with Crippen molar-refractivity contribution in [2.24, 2.45) is 0 Å². The van der Waals surface area contributed by atoms with E-state index in [9.17, 15) is 0 Å². The summed E-state index contributed by atoms with van der Waals surface area (Å²) in [6.07, 6.45) is 3.58. The average Bonchev–Trinajstić information content (AvgIpc) is 2.55. The third-order valence-corrected chi connectivity index (χ3v) is 3.75. The lowest BCUT2D eigenvalue weighted by molar-refractivity contribution is 0.416. The molecule has 1 saturated heterocycles. The summed E-state index contributed by atoms with van der Waals surface area (Å²) in [5.41, 5.74) is 0.822. The maximum Gasteiger partial charge on any atom is 0.230 e. The molecule has 0 saturated carbocycles. The fraction of sp³-hybridized carbons (Fsp3) is 0.400. The molecule has 0 aliphatic carbocycles. The van der Waals surface area contributed by atoms with Crippen molar-refractivity contribution in [3.63, 3.8) is 0 Å². The van der Waals surface area contributed by atoms with Crippen LogP contribution < -0.4 is 9.64 Å². The molecule has 0 bridgehead atoms. The Bertz CT molecular complexity index is 629. The summed E-state index contributed by atoms with van der Waals surface area (Å²) in [5.74, 6) is 1.92. The zero-order valence-corrected chi connectivity index (χ0v) is 12.7. The summed E-state index contributed by atoms with van der Waals surface area (Å²) in [6, 6.07) is 7.64. The second-order valence-corrected chi connectivity index (χ2v) is 5.31. The number of anilines is 1. The number of aromatic nitrogens is 3. The highest BCUT2D eigenvalue weighted by Crippen LogP contribution is 2.28. The summed E-state index contributed by atoms with van der Waals surface area (Å²) in [4.78, 5) is 15.2. The first-order chi connectivity index (χ1) is 10.3. The van der Waals surface area contributed by atoms with Crippen molar-refractivity contribution in [3.05, 3.63) is 29.5 Å². The van der Waals surface area contributed by atoms with E-state index in [0.29, 0.717) is 11.8 Å². The van der Waals surface area contributed by atoms with Gasteiger partial charge in [-0.05, 0) is 43.0 Å². The Morgan fingerprint density at radius 2 is 1.81 bits per heavy atom. The lowest BCUT2D eigenvalue weighted by Crippen LogP contribution is -2.31. The smallest absolute Gasteiger partial charge is 0.230 e. The molecule has 2 heterocycles. The molecule has 0 radical (unpaired) electrons. The van der Waals surface area contributed by atoms with Crippen molar-refractivity contribution in [1.29, 1.82) is 0 Å². The number of methoxy groups -OCH3 is 1. The molecular formula is C15H17ClN4O. The monoisotopic (exact) mass is 304 g/mol. The van der Waals surface area contributed by atoms with E-state index in [-0.39, 0.29) is 5.28 Å². The molecule has 110 valence electrons. The Kier molecular flexibility index (Phi) is 4.20. The SMILES string of the molecule is COc1ccccc1-c1nc(Cl)nc(N2CCCCC2)n1. The highest BCUT2D eigenvalue weighted by Gasteiger charge is 2.17. The van der Waals surface area contributed by atoms with E-state index in [4.69, 9.17) is 16.3 Å². The number of para-hydroxylation sites is 1. The van der Waals surface area contributed by atoms with Crippen LogP contribution in [0.3, 0.4) is 0 Å². The minimum atomic E-state index is 0.214. The van der Waals surface area contributed by atoms with Crippen molar-refractivity contribution in [2.45, 2.75) is 19.3 Å². The van der Waals surface area contributed by atoms with Gasteiger partial charge in [-0.15, -0.1) is 0 Å². The molecule has 2 aromatic rings. The molecule has 0 N–H and O–H groups in total. The summed E-state index contributed by atoms with van der Waals surface area (Å²) >= 11 is 6.08. The largest absolute Gasteiger partial charge is 0.496 e. The van der Waals surface area contributed by atoms with E-state index in [1.54, 1.807) is 7.11 Å². The van der Waals surface area contributed by atoms with Gasteiger partial charge >= 0.3 is 0 Å². The molecule has 1 fully saturated rings. The van der Waals surface area contributed by atoms with E-state index < -0.39 is 0 Å². The molecule has 3 rings (SSSR count). The van der Waals surface area contributed by atoms with Gasteiger partial charge in [-0.25, -0.2) is 0 Å². The topological polar surface area (TPSA) is 51.1 Å². The van der Waals surface area contributed by atoms with E-state index >= 15 is 0 Å². The van der Waals surface area contributed by atoms with Crippen molar-refractivity contribution < 1.29 is 4.74 Å². The molecule has 5 nitrogen and oxygen atoms in total. The summed E-state index contributed by atoms with van der Waals surface area (Å²) in [6.45, 7) is 1.93. The van der Waals surface area contributed by atoms with Crippen LogP contribution in [0.15, 0.2) is 24.3 Å². The lowest BCUT2D eigenvalue weighted by atomic mass is 10.1. The van der Waals surface area contributed by atoms with Crippen molar-refractivity contribution in [3.8, 4) is 17.1 Å². The van der Waals surface area contributed by atoms with Gasteiger partial charge in [0, 0.05) is 13.1 Å². The third-order valence-electron chi connectivity index (χ3n) is 3.58. The van der Waals surface area contributed by atoms with Crippen LogP contribution in [0.2, 0.25) is 5.28 Å². The normalized spacial score (nSPS) is 15.0. The molecule has 1 aliphatic rings. The van der Waals surface area contributed by atoms with Gasteiger partial charge in [0.05, 0.1) is 12.7 Å². The Hall–Kier alpha value is -1.88. The van der Waals surface area contributed by atoms with Crippen molar-refractivity contribution in [1.82, 2.24) is 15.0 Å². The predicted molar refractivity (Wildman–Crippen MR) is 82.9 cm³/mol. The fourth-order valence-electron chi connectivity index (χ4n) is 2.52. The quantitative estimate of drug-likeness (QED) is 0.871.